The van der Waals surface area contributed by atoms with Crippen molar-refractivity contribution in [2.75, 3.05) is 13.2 Å². The molecule has 2 N–H and O–H groups in total. The van der Waals surface area contributed by atoms with Crippen molar-refractivity contribution in [3.63, 3.8) is 0 Å². The largest absolute Gasteiger partial charge is 0.479 e. The van der Waals surface area contributed by atoms with Gasteiger partial charge in [-0.3, -0.25) is 38.5 Å². The van der Waals surface area contributed by atoms with Crippen molar-refractivity contribution in [1.29, 1.82) is 0 Å². The minimum absolute atomic E-state index is 0.0874. The Morgan fingerprint density at radius 2 is 0.810 bits per heavy atom. The maximum absolute atomic E-state index is 13.4. The van der Waals surface area contributed by atoms with E-state index in [4.69, 9.17) is 68.5 Å². The van der Waals surface area contributed by atoms with Crippen LogP contribution in [0.5, 0.6) is 0 Å². The average molecular weight is 1740 g/mol. The highest BCUT2D eigenvalue weighted by molar-refractivity contribution is 9.11. The highest BCUT2D eigenvalue weighted by Gasteiger charge is 2.37. The van der Waals surface area contributed by atoms with Gasteiger partial charge in [0.15, 0.2) is 32.5 Å². The van der Waals surface area contributed by atoms with Crippen molar-refractivity contribution < 1.29 is 43.2 Å². The Hall–Kier alpha value is -10.3. The number of ether oxygens (including phenoxy) is 5. The van der Waals surface area contributed by atoms with E-state index < -0.39 is 53.0 Å². The van der Waals surface area contributed by atoms with Crippen molar-refractivity contribution in [3.05, 3.63) is 267 Å². The van der Waals surface area contributed by atoms with Crippen LogP contribution in [0.15, 0.2) is 201 Å². The van der Waals surface area contributed by atoms with E-state index in [1.54, 1.807) is 93.9 Å². The highest BCUT2D eigenvalue weighted by Crippen LogP contribution is 2.48. The van der Waals surface area contributed by atoms with Crippen LogP contribution in [0.25, 0.3) is 107 Å². The summed E-state index contributed by atoms with van der Waals surface area (Å²) in [4.78, 5) is 105. The number of pyridine rings is 6. The molecule has 0 fully saturated rings. The molecule has 596 valence electrons. The molecule has 0 saturated carbocycles. The fourth-order valence-corrected chi connectivity index (χ4v) is 17.3. The molecule has 0 radical (unpaired) electrons. The third-order valence-electron chi connectivity index (χ3n) is 18.0. The number of H-pyrrole nitrogens is 1. The van der Waals surface area contributed by atoms with Gasteiger partial charge >= 0.3 is 17.9 Å². The molecule has 21 nitrogen and oxygen atoms in total. The lowest BCUT2D eigenvalue weighted by Crippen LogP contribution is -2.29. The quantitative estimate of drug-likeness (QED) is 0.0851. The van der Waals surface area contributed by atoms with Gasteiger partial charge in [-0.05, 0) is 253 Å². The number of aliphatic carboxylic acids is 1. The molecule has 9 aromatic heterocycles. The molecule has 0 unspecified atom stereocenters. The lowest BCUT2D eigenvalue weighted by Gasteiger charge is -2.29. The third-order valence-corrected chi connectivity index (χ3v) is 22.4. The van der Waals surface area contributed by atoms with Crippen molar-refractivity contribution in [2.45, 2.75) is 132 Å². The van der Waals surface area contributed by atoms with Crippen LogP contribution in [0.4, 0.5) is 0 Å². The summed E-state index contributed by atoms with van der Waals surface area (Å²) in [6.45, 7) is 26.8. The second-order valence-corrected chi connectivity index (χ2v) is 35.4. The molecule has 3 atom stereocenters. The smallest absolute Gasteiger partial charge is 0.339 e. The summed E-state index contributed by atoms with van der Waals surface area (Å²) in [5.74, 6) is -1.95. The predicted octanol–water partition coefficient (Wildman–Crippen LogP) is 21.6. The molecule has 116 heavy (non-hydrogen) atoms. The lowest BCUT2D eigenvalue weighted by molar-refractivity contribution is -0.167. The zero-order valence-corrected chi connectivity index (χ0v) is 72.0. The monoisotopic (exact) mass is 1740 g/mol. The number of carboxylic acids is 1. The molecule has 15 aromatic rings. The first-order chi connectivity index (χ1) is 55.1. The number of hydrogen-bond acceptors (Lipinski definition) is 20. The number of carboxylic acid groups (broad SMARTS) is 1. The predicted molar refractivity (Wildman–Crippen MR) is 468 cm³/mol. The molecule has 6 aromatic carbocycles. The first kappa shape index (κ1) is 85.1. The summed E-state index contributed by atoms with van der Waals surface area (Å²) in [5.41, 5.74) is 9.33. The molecule has 0 aliphatic carbocycles. The number of aromatic amines is 1. The number of hydrogen-bond donors (Lipinski definition) is 2. The first-order valence-electron chi connectivity index (χ1n) is 36.8. The molecule has 0 bridgehead atoms. The number of halogens is 4. The molecule has 15 rings (SSSR count). The molecule has 0 amide bonds. The van der Waals surface area contributed by atoms with Crippen molar-refractivity contribution >= 4 is 166 Å². The molecule has 0 spiro atoms. The van der Waals surface area contributed by atoms with Crippen molar-refractivity contribution in [2.24, 2.45) is 0 Å². The Balaban J connectivity index is 0.000000151. The van der Waals surface area contributed by atoms with Gasteiger partial charge in [-0.2, -0.15) is 0 Å². The number of fused-ring (bicyclic) bond motifs is 6. The maximum atomic E-state index is 13.4. The zero-order valence-electron chi connectivity index (χ0n) is 65.7. The number of aryl methyl sites for hydroxylation is 3. The summed E-state index contributed by atoms with van der Waals surface area (Å²) in [7, 11) is 0. The van der Waals surface area contributed by atoms with E-state index in [0.717, 1.165) is 89.8 Å². The second-order valence-electron chi connectivity index (χ2n) is 29.8. The van der Waals surface area contributed by atoms with Gasteiger partial charge in [-0.25, -0.2) is 29.3 Å². The molecule has 28 heteroatoms. The molecular weight excluding hydrogens is 1660 g/mol. The van der Waals surface area contributed by atoms with Gasteiger partial charge in [-0.15, -0.1) is 11.3 Å². The van der Waals surface area contributed by atoms with Crippen LogP contribution in [-0.4, -0.2) is 97.1 Å². The Kier molecular flexibility index (Phi) is 26.2. The highest BCUT2D eigenvalue weighted by atomic mass is 79.9. The van der Waals surface area contributed by atoms with Gasteiger partial charge in [-0.1, -0.05) is 93.9 Å². The Bertz CT molecular complexity index is 6400. The van der Waals surface area contributed by atoms with Gasteiger partial charge in [0.25, 0.3) is 16.7 Å². The van der Waals surface area contributed by atoms with E-state index in [0.29, 0.717) is 69.2 Å². The summed E-state index contributed by atoms with van der Waals surface area (Å²) in [5, 5.41) is 17.2. The average Bonchev–Trinajstić information content (AvgIpc) is 1.53. The lowest BCUT2D eigenvalue weighted by atomic mass is 9.91. The number of esters is 2. The second kappa shape index (κ2) is 35.7. The van der Waals surface area contributed by atoms with E-state index >= 15 is 0 Å². The van der Waals surface area contributed by atoms with Gasteiger partial charge in [0, 0.05) is 104 Å². The van der Waals surface area contributed by atoms with Gasteiger partial charge in [0.05, 0.1) is 76.8 Å². The minimum Gasteiger partial charge on any atom is -0.479 e. The third kappa shape index (κ3) is 19.4. The van der Waals surface area contributed by atoms with E-state index in [1.807, 2.05) is 186 Å². The van der Waals surface area contributed by atoms with Crippen LogP contribution in [0.3, 0.4) is 0 Å². The maximum Gasteiger partial charge on any atom is 0.339 e. The number of nitrogens with one attached hydrogen (secondary N) is 1. The fraction of sp³-hybridized carbons (Fsp3) is 0.250. The standard InChI is InChI=1S/C30H28ClN3O4S.C28H24ClN3O4S.C22H23BrClNO3S.C8H6N2O/c1-6-37-28(36)25(38-30(3,4)5)23-17(2)15-22-26(24(23)19-7-9-20(31)10-8-19)39-29(33-22)34-14-12-18-11-13-32-16-21(18)27(34)35;1-15-13-20-24(37-27(31-20)32-12-10-16-9-11-30-14-19(16)25(32)33)22(17-5-7-18(29)8-6-17)21(15)23(26(34)35)36-28(2,3)4;1-6-27-20(26)18(28-22(3,4)5)16-12(2)11-15-19(29-21(23)25-15)17(16)13-7-9-14(24)10-8-13;11-8-7-5-9-3-1-6(7)2-4-10-8/h7-16,25H,6H2,1-5H3;5-14,23H,1-4H3,(H,34,35);7-11,18H,6H2,1-5H3;1-5H,(H,10,11)/t25-;23-;18-;/m000./s1. The van der Waals surface area contributed by atoms with Crippen LogP contribution in [-0.2, 0) is 38.1 Å². The number of carbonyl (C=O) groups excluding carboxylic acids is 2. The van der Waals surface area contributed by atoms with Gasteiger partial charge in [0.1, 0.15) is 0 Å². The van der Waals surface area contributed by atoms with Crippen molar-refractivity contribution in [1.82, 2.24) is 44.0 Å². The van der Waals surface area contributed by atoms with Crippen molar-refractivity contribution in [3.8, 4) is 43.6 Å². The number of carbonyl (C=O) groups is 3. The normalized spacial score (nSPS) is 12.5. The van der Waals surface area contributed by atoms with Crippen LogP contribution < -0.4 is 16.7 Å². The van der Waals surface area contributed by atoms with Crippen LogP contribution in [0.2, 0.25) is 15.1 Å². The number of nitrogens with zero attached hydrogens (tertiary/aromatic N) is 8. The SMILES string of the molecule is CCOC(=O)[C@@H](OC(C)(C)C)c1c(C)cc2nc(-n3ccc4ccncc4c3=O)sc2c1-c1ccc(Cl)cc1.CCOC(=O)[C@@H](OC(C)(C)C)c1c(C)cc2nc(Br)sc2c1-c1ccc(Cl)cc1.Cc1cc2nc(-n3ccc4ccncc4c3=O)sc2c(-c2ccc(Cl)cc2)c1[C@H](OC(C)(C)C)C(=O)O.O=c1[nH]ccc2ccncc12. The summed E-state index contributed by atoms with van der Waals surface area (Å²) < 4.78 is 35.8. The minimum atomic E-state index is -1.21. The summed E-state index contributed by atoms with van der Waals surface area (Å²) in [6, 6.07) is 39.0. The van der Waals surface area contributed by atoms with E-state index in [2.05, 4.69) is 40.8 Å². The number of rotatable bonds is 16. The molecule has 9 heterocycles. The molecule has 0 aliphatic rings. The Morgan fingerprint density at radius 1 is 0.474 bits per heavy atom. The van der Waals surface area contributed by atoms with Crippen LogP contribution in [0.1, 0.15) is 128 Å². The molecule has 0 aliphatic heterocycles. The van der Waals surface area contributed by atoms with Gasteiger partial charge < -0.3 is 33.8 Å². The zero-order chi connectivity index (χ0) is 83.4. The van der Waals surface area contributed by atoms with E-state index in [1.165, 1.54) is 43.1 Å². The van der Waals surface area contributed by atoms with Crippen LogP contribution >= 0.6 is 84.7 Å². The Morgan fingerprint density at radius 3 is 1.16 bits per heavy atom. The van der Waals surface area contributed by atoms with E-state index in [-0.39, 0.29) is 29.9 Å². The number of benzene rings is 6. The molecule has 0 saturated heterocycles. The fourth-order valence-electron chi connectivity index (χ4n) is 13.2. The molecular formula is C88H81BrCl3N9O12S3. The van der Waals surface area contributed by atoms with Gasteiger partial charge in [0.2, 0.25) is 0 Å². The number of aromatic nitrogens is 9. The summed E-state index contributed by atoms with van der Waals surface area (Å²) >= 11 is 26.2. The van der Waals surface area contributed by atoms with Crippen LogP contribution in [0, 0.1) is 20.8 Å². The Labute approximate surface area is 703 Å². The number of thiazole rings is 3. The van der Waals surface area contributed by atoms with E-state index in [9.17, 15) is 33.9 Å². The topological polar surface area (TPSA) is 272 Å². The first-order valence-corrected chi connectivity index (χ1v) is 41.1. The summed E-state index contributed by atoms with van der Waals surface area (Å²) in [6.07, 6.45) is 11.7.